The molecule has 0 unspecified atom stereocenters. The number of anilines is 1. The predicted molar refractivity (Wildman–Crippen MR) is 97.8 cm³/mol. The first-order valence-corrected chi connectivity index (χ1v) is 8.85. The van der Waals surface area contributed by atoms with Gasteiger partial charge in [-0.2, -0.15) is 4.98 Å². The van der Waals surface area contributed by atoms with Crippen molar-refractivity contribution in [2.45, 2.75) is 38.2 Å². The summed E-state index contributed by atoms with van der Waals surface area (Å²) in [7, 11) is 2.49. The second kappa shape index (κ2) is 8.20. The number of fused-ring (bicyclic) bond motifs is 1. The number of carbonyl (C=O) groups is 3. The highest BCUT2D eigenvalue weighted by Gasteiger charge is 2.54. The first-order chi connectivity index (χ1) is 14.2. The number of nitrogens with one attached hydrogen (secondary N) is 1. The molecule has 13 heteroatoms. The van der Waals surface area contributed by atoms with Gasteiger partial charge in [0.15, 0.2) is 29.1 Å². The van der Waals surface area contributed by atoms with Crippen molar-refractivity contribution in [2.75, 3.05) is 26.1 Å². The minimum atomic E-state index is -2.04. The Morgan fingerprint density at radius 1 is 1.33 bits per heavy atom. The molecule has 1 fully saturated rings. The Balaban J connectivity index is 2.11. The van der Waals surface area contributed by atoms with Crippen molar-refractivity contribution in [2.24, 2.45) is 0 Å². The van der Waals surface area contributed by atoms with Gasteiger partial charge >= 0.3 is 6.16 Å². The molecule has 3 aliphatic heterocycles. The number of hydrogen-bond donors (Lipinski definition) is 2. The molecule has 0 saturated carbocycles. The maximum Gasteiger partial charge on any atom is 0.508 e. The van der Waals surface area contributed by atoms with Gasteiger partial charge in [0.25, 0.3) is 0 Å². The van der Waals surface area contributed by atoms with Crippen LogP contribution in [0.5, 0.6) is 5.88 Å². The zero-order valence-corrected chi connectivity index (χ0v) is 16.7. The molecular weight excluding hydrogens is 402 g/mol. The molecule has 0 aliphatic carbocycles. The molecule has 30 heavy (non-hydrogen) atoms. The Morgan fingerprint density at radius 3 is 2.67 bits per heavy atom. The Hall–Kier alpha value is -3.32. The molecule has 0 spiro atoms. The standard InChI is InChI=1S/C17H21N5O8/c1-8(23)17(26)5-10(6-29-16(25)28-4)30-14(17)22-13(27-3)11-12(19-7-18-11)21-15(22)20-9(2)24/h7,10,14,26H,5-6H2,1-4H3,(H,18,19,20,21,24)/t10-,14+,17-/m0/s1. The number of aliphatic hydroxyl groups is 1. The highest BCUT2D eigenvalue weighted by atomic mass is 16.7. The first-order valence-electron chi connectivity index (χ1n) is 8.85. The van der Waals surface area contributed by atoms with Gasteiger partial charge in [0.1, 0.15) is 12.9 Å². The molecule has 0 aromatic heterocycles. The molecule has 0 bridgehead atoms. The van der Waals surface area contributed by atoms with E-state index in [0.717, 1.165) is 7.11 Å². The van der Waals surface area contributed by atoms with Crippen molar-refractivity contribution < 1.29 is 38.4 Å². The number of carbonyl (C=O) groups excluding carboxylic acids is 3. The van der Waals surface area contributed by atoms with E-state index in [1.807, 2.05) is 0 Å². The molecule has 1 saturated heterocycles. The van der Waals surface area contributed by atoms with Crippen LogP contribution >= 0.6 is 0 Å². The molecule has 162 valence electrons. The predicted octanol–water partition coefficient (Wildman–Crippen LogP) is 0.135. The van der Waals surface area contributed by atoms with Gasteiger partial charge in [-0.15, -0.1) is 0 Å². The Bertz CT molecular complexity index is 946. The van der Waals surface area contributed by atoms with Gasteiger partial charge in [0.2, 0.25) is 17.7 Å². The van der Waals surface area contributed by atoms with E-state index in [0.29, 0.717) is 0 Å². The summed E-state index contributed by atoms with van der Waals surface area (Å²) in [4.78, 5) is 47.7. The molecule has 13 nitrogen and oxygen atoms in total. The van der Waals surface area contributed by atoms with E-state index >= 15 is 0 Å². The van der Waals surface area contributed by atoms with Crippen molar-refractivity contribution >= 4 is 23.8 Å². The largest absolute Gasteiger partial charge is 0.508 e. The minimum Gasteiger partial charge on any atom is -0.480 e. The van der Waals surface area contributed by atoms with Gasteiger partial charge in [0, 0.05) is 13.3 Å². The normalized spacial score (nSPS) is 23.2. The summed E-state index contributed by atoms with van der Waals surface area (Å²) in [6.07, 6.45) is -2.10. The molecule has 1 amide bonds. The fourth-order valence-electron chi connectivity index (χ4n) is 3.22. The highest BCUT2D eigenvalue weighted by molar-refractivity contribution is 5.88. The van der Waals surface area contributed by atoms with Crippen molar-refractivity contribution in [3.63, 3.8) is 0 Å². The van der Waals surface area contributed by atoms with Crippen LogP contribution in [-0.2, 0) is 23.8 Å². The Labute approximate surface area is 170 Å². The number of hydrogen-bond acceptors (Lipinski definition) is 11. The van der Waals surface area contributed by atoms with Crippen LogP contribution in [0.15, 0.2) is 6.33 Å². The summed E-state index contributed by atoms with van der Waals surface area (Å²) in [5.74, 6) is -0.911. The molecule has 3 atom stereocenters. The lowest BCUT2D eigenvalue weighted by Crippen LogP contribution is -2.43. The number of ketones is 1. The third kappa shape index (κ3) is 3.76. The van der Waals surface area contributed by atoms with E-state index in [4.69, 9.17) is 14.2 Å². The van der Waals surface area contributed by atoms with Gasteiger partial charge in [-0.3, -0.25) is 14.9 Å². The topological polar surface area (TPSA) is 164 Å². The Morgan fingerprint density at radius 2 is 2.07 bits per heavy atom. The quantitative estimate of drug-likeness (QED) is 0.607. The number of Topliss-reactive ketones (excluding diaryl/α,β-unsaturated/α-hetero) is 1. The molecule has 0 aromatic carbocycles. The lowest BCUT2D eigenvalue weighted by molar-refractivity contribution is -0.149. The second-order valence-corrected chi connectivity index (χ2v) is 6.60. The Kier molecular flexibility index (Phi) is 5.85. The number of methoxy groups -OCH3 is 2. The van der Waals surface area contributed by atoms with E-state index in [1.54, 1.807) is 0 Å². The average Bonchev–Trinajstić information content (AvgIpc) is 3.29. The van der Waals surface area contributed by atoms with Gasteiger partial charge in [0.05, 0.1) is 20.3 Å². The van der Waals surface area contributed by atoms with E-state index in [2.05, 4.69) is 25.0 Å². The number of aromatic nitrogens is 4. The summed E-state index contributed by atoms with van der Waals surface area (Å²) >= 11 is 0. The fourth-order valence-corrected chi connectivity index (χ4v) is 3.22. The number of ether oxygens (including phenoxy) is 4. The lowest BCUT2D eigenvalue weighted by atomic mass is 9.93. The van der Waals surface area contributed by atoms with Gasteiger partial charge < -0.3 is 24.1 Å². The van der Waals surface area contributed by atoms with E-state index in [-0.39, 0.29) is 36.4 Å². The molecule has 0 aromatic rings. The molecule has 2 N–H and O–H groups in total. The van der Waals surface area contributed by atoms with Crippen LogP contribution in [0.1, 0.15) is 26.5 Å². The van der Waals surface area contributed by atoms with Crippen LogP contribution in [0, 0.1) is 0 Å². The van der Waals surface area contributed by atoms with Crippen molar-refractivity contribution in [3.05, 3.63) is 6.33 Å². The summed E-state index contributed by atoms with van der Waals surface area (Å²) in [5, 5.41) is 13.7. The first kappa shape index (κ1) is 21.4. The fraction of sp³-hybridized carbons (Fsp3) is 0.529. The van der Waals surface area contributed by atoms with Crippen LogP contribution in [-0.4, -0.2) is 75.0 Å². The van der Waals surface area contributed by atoms with E-state index < -0.39 is 35.8 Å². The van der Waals surface area contributed by atoms with Crippen LogP contribution in [0.2, 0.25) is 0 Å². The molecule has 3 heterocycles. The van der Waals surface area contributed by atoms with Crippen molar-refractivity contribution in [1.29, 1.82) is 0 Å². The minimum absolute atomic E-state index is 0.0560. The summed E-state index contributed by atoms with van der Waals surface area (Å²) in [6.45, 7) is 2.18. The maximum absolute atomic E-state index is 12.4. The summed E-state index contributed by atoms with van der Waals surface area (Å²) in [5.41, 5.74) is -1.81. The molecule has 3 aliphatic rings. The van der Waals surface area contributed by atoms with Gasteiger partial charge in [-0.05, 0) is 6.92 Å². The van der Waals surface area contributed by atoms with Gasteiger partial charge in [-0.1, -0.05) is 0 Å². The zero-order valence-electron chi connectivity index (χ0n) is 16.7. The van der Waals surface area contributed by atoms with Crippen LogP contribution in [0.3, 0.4) is 0 Å². The monoisotopic (exact) mass is 423 g/mol. The SMILES string of the molecule is COC(=O)OC[C@@H]1C[C@](O)(C(C)=O)[C@H](n2c(NC(C)=O)nc3ncnc-3c2OC)O1. The number of imidazole rings is 1. The smallest absolute Gasteiger partial charge is 0.480 e. The van der Waals surface area contributed by atoms with Crippen LogP contribution in [0.25, 0.3) is 11.5 Å². The highest BCUT2D eigenvalue weighted by Crippen LogP contribution is 2.44. The summed E-state index contributed by atoms with van der Waals surface area (Å²) in [6, 6.07) is 0. The number of rotatable bonds is 6. The lowest BCUT2D eigenvalue weighted by Gasteiger charge is -2.31. The second-order valence-electron chi connectivity index (χ2n) is 6.60. The van der Waals surface area contributed by atoms with E-state index in [9.17, 15) is 19.5 Å². The van der Waals surface area contributed by atoms with Crippen molar-refractivity contribution in [1.82, 2.24) is 19.5 Å². The molecule has 3 rings (SSSR count). The third-order valence-electron chi connectivity index (χ3n) is 4.59. The van der Waals surface area contributed by atoms with Gasteiger partial charge in [-0.25, -0.2) is 19.3 Å². The van der Waals surface area contributed by atoms with Crippen LogP contribution in [0.4, 0.5) is 10.7 Å². The number of nitrogens with zero attached hydrogens (tertiary/aromatic N) is 4. The molecular formula is C17H21N5O8. The third-order valence-corrected chi connectivity index (χ3v) is 4.59. The molecule has 0 radical (unpaired) electrons. The van der Waals surface area contributed by atoms with E-state index in [1.165, 1.54) is 31.9 Å². The number of amides is 1. The zero-order chi connectivity index (χ0) is 22.1. The van der Waals surface area contributed by atoms with Crippen LogP contribution < -0.4 is 10.1 Å². The summed E-state index contributed by atoms with van der Waals surface area (Å²) < 4.78 is 21.8. The average molecular weight is 423 g/mol. The van der Waals surface area contributed by atoms with Crippen molar-refractivity contribution in [3.8, 4) is 17.4 Å². The maximum atomic E-state index is 12.4.